The minimum Gasteiger partial charge on any atom is -0.494 e. The number of hydrogen-bond acceptors (Lipinski definition) is 5. The molecular weight excluding hydrogens is 477 g/mol. The summed E-state index contributed by atoms with van der Waals surface area (Å²) < 4.78 is 7.97. The van der Waals surface area contributed by atoms with Crippen molar-refractivity contribution in [3.8, 4) is 17.3 Å². The minimum atomic E-state index is -0.506. The van der Waals surface area contributed by atoms with E-state index in [0.717, 1.165) is 3.57 Å². The topological polar surface area (TPSA) is 79.6 Å². The number of aromatic amines is 1. The van der Waals surface area contributed by atoms with E-state index in [-0.39, 0.29) is 16.2 Å². The maximum absolute atomic E-state index is 12.3. The van der Waals surface area contributed by atoms with Crippen LogP contribution in [0.5, 0.6) is 11.6 Å². The molecule has 0 saturated carbocycles. The molecule has 0 aliphatic carbocycles. The van der Waals surface area contributed by atoms with Gasteiger partial charge in [0.2, 0.25) is 5.88 Å². The number of rotatable bonds is 5. The SMILES string of the molecule is CCOc1ccc(-n2c(O)c(C=Nc3ccc(I)cc3)c(=O)[nH]c2=S)cc1. The van der Waals surface area contributed by atoms with Crippen LogP contribution in [0.3, 0.4) is 0 Å². The molecule has 1 heterocycles. The van der Waals surface area contributed by atoms with Gasteiger partial charge in [-0.2, -0.15) is 0 Å². The van der Waals surface area contributed by atoms with Gasteiger partial charge in [-0.25, -0.2) is 0 Å². The van der Waals surface area contributed by atoms with Crippen LogP contribution in [0.2, 0.25) is 0 Å². The molecule has 0 unspecified atom stereocenters. The fourth-order valence-corrected chi connectivity index (χ4v) is 3.06. The van der Waals surface area contributed by atoms with E-state index in [2.05, 4.69) is 32.6 Å². The summed E-state index contributed by atoms with van der Waals surface area (Å²) in [5, 5.41) is 10.7. The number of aromatic hydroxyl groups is 1. The molecular formula is C19H16IN3O3S. The van der Waals surface area contributed by atoms with E-state index in [1.807, 2.05) is 31.2 Å². The highest BCUT2D eigenvalue weighted by Gasteiger charge is 2.12. The van der Waals surface area contributed by atoms with Crippen LogP contribution >= 0.6 is 34.8 Å². The summed E-state index contributed by atoms with van der Waals surface area (Å²) >= 11 is 7.41. The first-order chi connectivity index (χ1) is 13.0. The Balaban J connectivity index is 2.03. The number of nitrogens with one attached hydrogen (secondary N) is 1. The number of ether oxygens (including phenoxy) is 1. The maximum Gasteiger partial charge on any atom is 0.264 e. The first kappa shape index (κ1) is 19.3. The predicted octanol–water partition coefficient (Wildman–Crippen LogP) is 4.35. The van der Waals surface area contributed by atoms with Crippen LogP contribution in [0.1, 0.15) is 12.5 Å². The van der Waals surface area contributed by atoms with Crippen molar-refractivity contribution < 1.29 is 9.84 Å². The summed E-state index contributed by atoms with van der Waals surface area (Å²) in [4.78, 5) is 19.1. The quantitative estimate of drug-likeness (QED) is 0.315. The fraction of sp³-hybridized carbons (Fsp3) is 0.105. The molecule has 3 aromatic rings. The van der Waals surface area contributed by atoms with Crippen molar-refractivity contribution >= 4 is 46.7 Å². The van der Waals surface area contributed by atoms with Crippen molar-refractivity contribution in [3.05, 3.63) is 72.8 Å². The summed E-state index contributed by atoms with van der Waals surface area (Å²) in [7, 11) is 0. The Labute approximate surface area is 174 Å². The van der Waals surface area contributed by atoms with Crippen LogP contribution in [-0.2, 0) is 0 Å². The first-order valence-corrected chi connectivity index (χ1v) is 9.59. The Morgan fingerprint density at radius 3 is 2.52 bits per heavy atom. The molecule has 2 N–H and O–H groups in total. The Kier molecular flexibility index (Phi) is 6.07. The molecule has 1 aromatic heterocycles. The van der Waals surface area contributed by atoms with Gasteiger partial charge in [0.05, 0.1) is 18.0 Å². The van der Waals surface area contributed by atoms with Gasteiger partial charge in [-0.05, 0) is 90.3 Å². The first-order valence-electron chi connectivity index (χ1n) is 8.10. The van der Waals surface area contributed by atoms with Crippen LogP contribution in [-0.4, -0.2) is 27.5 Å². The van der Waals surface area contributed by atoms with Crippen LogP contribution in [0.4, 0.5) is 5.69 Å². The normalized spacial score (nSPS) is 11.0. The molecule has 27 heavy (non-hydrogen) atoms. The third-order valence-electron chi connectivity index (χ3n) is 3.70. The van der Waals surface area contributed by atoms with Gasteiger partial charge < -0.3 is 9.84 Å². The summed E-state index contributed by atoms with van der Waals surface area (Å²) in [5.41, 5.74) is 0.787. The summed E-state index contributed by atoms with van der Waals surface area (Å²) in [6.07, 6.45) is 1.33. The standard InChI is InChI=1S/C19H16IN3O3S/c1-2-26-15-9-7-14(8-10-15)23-18(25)16(17(24)22-19(23)27)11-21-13-5-3-12(20)4-6-13/h3-11,25H,2H2,1H3,(H,22,24,27). The molecule has 3 rings (SSSR count). The number of hydrogen-bond donors (Lipinski definition) is 2. The highest BCUT2D eigenvalue weighted by Crippen LogP contribution is 2.22. The van der Waals surface area contributed by atoms with Crippen LogP contribution < -0.4 is 10.3 Å². The van der Waals surface area contributed by atoms with E-state index in [1.54, 1.807) is 24.3 Å². The van der Waals surface area contributed by atoms with Gasteiger partial charge >= 0.3 is 0 Å². The second kappa shape index (κ2) is 8.49. The Bertz CT molecular complexity index is 1090. The van der Waals surface area contributed by atoms with Crippen molar-refractivity contribution in [3.63, 3.8) is 0 Å². The molecule has 0 saturated heterocycles. The van der Waals surface area contributed by atoms with Gasteiger partial charge in [-0.3, -0.25) is 19.3 Å². The zero-order valence-corrected chi connectivity index (χ0v) is 17.3. The van der Waals surface area contributed by atoms with E-state index in [4.69, 9.17) is 17.0 Å². The second-order valence-electron chi connectivity index (χ2n) is 5.49. The Morgan fingerprint density at radius 1 is 1.22 bits per heavy atom. The summed E-state index contributed by atoms with van der Waals surface area (Å²) in [6, 6.07) is 14.5. The summed E-state index contributed by atoms with van der Waals surface area (Å²) in [6.45, 7) is 2.46. The second-order valence-corrected chi connectivity index (χ2v) is 7.13. The maximum atomic E-state index is 12.3. The Hall–Kier alpha value is -2.46. The fourth-order valence-electron chi connectivity index (χ4n) is 2.42. The third kappa shape index (κ3) is 4.45. The zero-order chi connectivity index (χ0) is 19.4. The number of aliphatic imine (C=N–C) groups is 1. The van der Waals surface area contributed by atoms with E-state index in [9.17, 15) is 9.90 Å². The third-order valence-corrected chi connectivity index (χ3v) is 4.70. The largest absolute Gasteiger partial charge is 0.494 e. The molecule has 138 valence electrons. The average molecular weight is 493 g/mol. The minimum absolute atomic E-state index is 0.0241. The lowest BCUT2D eigenvalue weighted by Gasteiger charge is -2.12. The Morgan fingerprint density at radius 2 is 1.89 bits per heavy atom. The molecule has 0 amide bonds. The zero-order valence-electron chi connectivity index (χ0n) is 14.3. The molecule has 0 bridgehead atoms. The van der Waals surface area contributed by atoms with Gasteiger partial charge in [-0.15, -0.1) is 0 Å². The predicted molar refractivity (Wildman–Crippen MR) is 116 cm³/mol. The van der Waals surface area contributed by atoms with Crippen molar-refractivity contribution in [1.82, 2.24) is 9.55 Å². The number of benzene rings is 2. The number of aromatic nitrogens is 2. The van der Waals surface area contributed by atoms with Crippen LogP contribution in [0.15, 0.2) is 58.3 Å². The van der Waals surface area contributed by atoms with Crippen LogP contribution in [0.25, 0.3) is 5.69 Å². The highest BCUT2D eigenvalue weighted by molar-refractivity contribution is 14.1. The monoisotopic (exact) mass is 493 g/mol. The molecule has 8 heteroatoms. The number of nitrogens with zero attached hydrogens (tertiary/aromatic N) is 2. The van der Waals surface area contributed by atoms with Crippen molar-refractivity contribution in [1.29, 1.82) is 0 Å². The van der Waals surface area contributed by atoms with Crippen molar-refractivity contribution in [2.75, 3.05) is 6.61 Å². The van der Waals surface area contributed by atoms with Gasteiger partial charge in [0, 0.05) is 9.78 Å². The van der Waals surface area contributed by atoms with Crippen molar-refractivity contribution in [2.45, 2.75) is 6.92 Å². The van der Waals surface area contributed by atoms with Gasteiger partial charge in [0.25, 0.3) is 5.56 Å². The average Bonchev–Trinajstić information content (AvgIpc) is 2.64. The lowest BCUT2D eigenvalue weighted by Crippen LogP contribution is -2.18. The molecule has 0 fully saturated rings. The van der Waals surface area contributed by atoms with Gasteiger partial charge in [-0.1, -0.05) is 0 Å². The van der Waals surface area contributed by atoms with E-state index in [1.165, 1.54) is 10.8 Å². The number of H-pyrrole nitrogens is 1. The molecule has 0 aliphatic rings. The smallest absolute Gasteiger partial charge is 0.264 e. The molecule has 6 nitrogen and oxygen atoms in total. The van der Waals surface area contributed by atoms with Gasteiger partial charge in [0.1, 0.15) is 11.3 Å². The molecule has 2 aromatic carbocycles. The molecule has 0 aliphatic heterocycles. The summed E-state index contributed by atoms with van der Waals surface area (Å²) in [5.74, 6) is 0.430. The molecule has 0 radical (unpaired) electrons. The van der Waals surface area contributed by atoms with Gasteiger partial charge in [0.15, 0.2) is 4.77 Å². The lowest BCUT2D eigenvalue weighted by molar-refractivity contribution is 0.340. The highest BCUT2D eigenvalue weighted by atomic mass is 127. The lowest BCUT2D eigenvalue weighted by atomic mass is 10.2. The van der Waals surface area contributed by atoms with E-state index in [0.29, 0.717) is 23.7 Å². The van der Waals surface area contributed by atoms with Crippen LogP contribution in [0, 0.1) is 8.34 Å². The van der Waals surface area contributed by atoms with E-state index >= 15 is 0 Å². The number of halogens is 1. The molecule has 0 atom stereocenters. The molecule has 0 spiro atoms. The van der Waals surface area contributed by atoms with Crippen molar-refractivity contribution in [2.24, 2.45) is 4.99 Å². The van der Waals surface area contributed by atoms with E-state index < -0.39 is 5.56 Å².